The number of aromatic nitrogens is 1. The predicted molar refractivity (Wildman–Crippen MR) is 102 cm³/mol. The number of hydrogen-bond acceptors (Lipinski definition) is 4. The van der Waals surface area contributed by atoms with Gasteiger partial charge in [0.15, 0.2) is 5.69 Å². The third-order valence-corrected chi connectivity index (χ3v) is 4.18. The van der Waals surface area contributed by atoms with Gasteiger partial charge in [-0.25, -0.2) is 0 Å². The lowest BCUT2D eigenvalue weighted by atomic mass is 10.2. The van der Waals surface area contributed by atoms with Gasteiger partial charge in [0.1, 0.15) is 5.75 Å². The first-order chi connectivity index (χ1) is 12.8. The molecule has 3 aromatic carbocycles. The van der Waals surface area contributed by atoms with Gasteiger partial charge in [-0.05, 0) is 42.5 Å². The van der Waals surface area contributed by atoms with Crippen molar-refractivity contribution in [2.75, 3.05) is 7.11 Å². The van der Waals surface area contributed by atoms with Crippen LogP contribution in [0.3, 0.4) is 0 Å². The molecule has 5 heteroatoms. The molecule has 1 heterocycles. The van der Waals surface area contributed by atoms with Crippen molar-refractivity contribution < 1.29 is 9.84 Å². The maximum absolute atomic E-state index is 10.8. The minimum atomic E-state index is 0.0645. The molecule has 0 unspecified atom stereocenters. The van der Waals surface area contributed by atoms with Gasteiger partial charge in [-0.3, -0.25) is 4.57 Å². The molecule has 4 rings (SSSR count). The monoisotopic (exact) mass is 343 g/mol. The summed E-state index contributed by atoms with van der Waals surface area (Å²) in [4.78, 5) is 0. The molecule has 1 aromatic heterocycles. The highest BCUT2D eigenvalue weighted by molar-refractivity contribution is 5.96. The highest BCUT2D eigenvalue weighted by atomic mass is 16.5. The van der Waals surface area contributed by atoms with Gasteiger partial charge in [-0.15, -0.1) is 5.11 Å². The smallest absolute Gasteiger partial charge is 0.225 e. The summed E-state index contributed by atoms with van der Waals surface area (Å²) in [6, 6.07) is 24.7. The summed E-state index contributed by atoms with van der Waals surface area (Å²) in [5, 5.41) is 20.2. The molecule has 0 fully saturated rings. The Hall–Kier alpha value is -3.60. The number of rotatable bonds is 4. The average molecular weight is 343 g/mol. The molecule has 0 aliphatic rings. The summed E-state index contributed by atoms with van der Waals surface area (Å²) in [7, 11) is 1.62. The highest BCUT2D eigenvalue weighted by Crippen LogP contribution is 2.41. The summed E-state index contributed by atoms with van der Waals surface area (Å²) >= 11 is 0. The van der Waals surface area contributed by atoms with Crippen molar-refractivity contribution in [3.05, 3.63) is 78.9 Å². The van der Waals surface area contributed by atoms with Gasteiger partial charge in [0.05, 0.1) is 18.3 Å². The van der Waals surface area contributed by atoms with Crippen molar-refractivity contribution in [2.24, 2.45) is 10.2 Å². The Balaban J connectivity index is 1.82. The number of methoxy groups -OCH3 is 1. The molecule has 128 valence electrons. The molecule has 0 aliphatic heterocycles. The van der Waals surface area contributed by atoms with E-state index in [2.05, 4.69) is 10.2 Å². The molecule has 26 heavy (non-hydrogen) atoms. The van der Waals surface area contributed by atoms with Crippen molar-refractivity contribution in [1.29, 1.82) is 0 Å². The zero-order valence-corrected chi connectivity index (χ0v) is 14.2. The van der Waals surface area contributed by atoms with Gasteiger partial charge in [-0.1, -0.05) is 36.4 Å². The summed E-state index contributed by atoms with van der Waals surface area (Å²) < 4.78 is 6.92. The van der Waals surface area contributed by atoms with Crippen LogP contribution in [0.4, 0.5) is 11.4 Å². The van der Waals surface area contributed by atoms with E-state index < -0.39 is 0 Å². The first-order valence-electron chi connectivity index (χ1n) is 8.21. The molecular formula is C21H17N3O2. The van der Waals surface area contributed by atoms with Gasteiger partial charge >= 0.3 is 0 Å². The van der Waals surface area contributed by atoms with Gasteiger partial charge in [-0.2, -0.15) is 5.11 Å². The van der Waals surface area contributed by atoms with Crippen LogP contribution in [0.15, 0.2) is 89.1 Å². The zero-order valence-electron chi connectivity index (χ0n) is 14.2. The molecule has 0 spiro atoms. The molecule has 0 aliphatic carbocycles. The number of hydrogen-bond donors (Lipinski definition) is 1. The summed E-state index contributed by atoms with van der Waals surface area (Å²) in [6.07, 6.45) is 0. The summed E-state index contributed by atoms with van der Waals surface area (Å²) in [5.41, 5.74) is 2.87. The van der Waals surface area contributed by atoms with Gasteiger partial charge < -0.3 is 9.84 Å². The van der Waals surface area contributed by atoms with E-state index in [0.29, 0.717) is 11.4 Å². The van der Waals surface area contributed by atoms with Crippen LogP contribution in [0.2, 0.25) is 0 Å². The lowest BCUT2D eigenvalue weighted by molar-refractivity contribution is 0.415. The van der Waals surface area contributed by atoms with Crippen LogP contribution in [0.1, 0.15) is 0 Å². The van der Waals surface area contributed by atoms with E-state index in [-0.39, 0.29) is 5.88 Å². The fourth-order valence-electron chi connectivity index (χ4n) is 2.90. The Bertz CT molecular complexity index is 1070. The minimum absolute atomic E-state index is 0.0645. The fourth-order valence-corrected chi connectivity index (χ4v) is 2.90. The van der Waals surface area contributed by atoms with Crippen LogP contribution in [-0.4, -0.2) is 16.8 Å². The van der Waals surface area contributed by atoms with E-state index in [4.69, 9.17) is 4.74 Å². The number of azo groups is 1. The Morgan fingerprint density at radius 2 is 1.50 bits per heavy atom. The molecule has 1 N–H and O–H groups in total. The number of nitrogens with zero attached hydrogens (tertiary/aromatic N) is 3. The Labute approximate surface area is 150 Å². The van der Waals surface area contributed by atoms with E-state index >= 15 is 0 Å². The molecule has 5 nitrogen and oxygen atoms in total. The molecule has 0 bridgehead atoms. The van der Waals surface area contributed by atoms with Crippen molar-refractivity contribution in [3.63, 3.8) is 0 Å². The number of benzene rings is 3. The quantitative estimate of drug-likeness (QED) is 0.479. The van der Waals surface area contributed by atoms with Crippen molar-refractivity contribution in [1.82, 2.24) is 4.57 Å². The zero-order chi connectivity index (χ0) is 17.9. The largest absolute Gasteiger partial charge is 0.497 e. The number of fused-ring (bicyclic) bond motifs is 1. The third kappa shape index (κ3) is 2.80. The molecule has 4 aromatic rings. The van der Waals surface area contributed by atoms with E-state index in [9.17, 15) is 5.11 Å². The van der Waals surface area contributed by atoms with Gasteiger partial charge in [0.2, 0.25) is 5.88 Å². The summed E-state index contributed by atoms with van der Waals surface area (Å²) in [6.45, 7) is 0. The maximum atomic E-state index is 10.8. The SMILES string of the molecule is COc1ccc(N=Nc2c(O)n(-c3ccccc3)c3ccccc23)cc1. The van der Waals surface area contributed by atoms with E-state index in [1.54, 1.807) is 11.7 Å². The normalized spacial score (nSPS) is 11.3. The lowest BCUT2D eigenvalue weighted by Gasteiger charge is -2.06. The number of ether oxygens (including phenoxy) is 1. The van der Waals surface area contributed by atoms with Gasteiger partial charge in [0.25, 0.3) is 0 Å². The first-order valence-corrected chi connectivity index (χ1v) is 8.21. The Kier molecular flexibility index (Phi) is 4.11. The number of para-hydroxylation sites is 2. The maximum Gasteiger partial charge on any atom is 0.225 e. The molecule has 0 atom stereocenters. The average Bonchev–Trinajstić information content (AvgIpc) is 2.99. The van der Waals surface area contributed by atoms with Crippen LogP contribution in [0, 0.1) is 0 Å². The highest BCUT2D eigenvalue weighted by Gasteiger charge is 2.17. The van der Waals surface area contributed by atoms with Gasteiger partial charge in [0, 0.05) is 11.1 Å². The Morgan fingerprint density at radius 1 is 0.808 bits per heavy atom. The molecule has 0 amide bonds. The summed E-state index contributed by atoms with van der Waals surface area (Å²) in [5.74, 6) is 0.821. The van der Waals surface area contributed by atoms with E-state index in [1.807, 2.05) is 78.9 Å². The van der Waals surface area contributed by atoms with Crippen LogP contribution in [0.5, 0.6) is 11.6 Å². The van der Waals surface area contributed by atoms with E-state index in [0.717, 1.165) is 22.3 Å². The second-order valence-electron chi connectivity index (χ2n) is 5.76. The van der Waals surface area contributed by atoms with E-state index in [1.165, 1.54) is 0 Å². The number of aromatic hydroxyl groups is 1. The standard InChI is InChI=1S/C21H17N3O2/c1-26-17-13-11-15(12-14-17)22-23-20-18-9-5-6-10-19(18)24(21(20)25)16-7-3-2-4-8-16/h2-14,25H,1H3. The lowest BCUT2D eigenvalue weighted by Crippen LogP contribution is -1.91. The first kappa shape index (κ1) is 15.9. The van der Waals surface area contributed by atoms with Crippen LogP contribution in [0.25, 0.3) is 16.6 Å². The predicted octanol–water partition coefficient (Wildman–Crippen LogP) is 5.76. The van der Waals surface area contributed by atoms with Crippen LogP contribution < -0.4 is 4.74 Å². The van der Waals surface area contributed by atoms with Crippen LogP contribution >= 0.6 is 0 Å². The fraction of sp³-hybridized carbons (Fsp3) is 0.0476. The van der Waals surface area contributed by atoms with Crippen molar-refractivity contribution in [2.45, 2.75) is 0 Å². The minimum Gasteiger partial charge on any atom is -0.497 e. The molecule has 0 saturated heterocycles. The molecule has 0 radical (unpaired) electrons. The molecular weight excluding hydrogens is 326 g/mol. The second-order valence-corrected chi connectivity index (χ2v) is 5.76. The third-order valence-electron chi connectivity index (χ3n) is 4.18. The van der Waals surface area contributed by atoms with Crippen LogP contribution in [-0.2, 0) is 0 Å². The second kappa shape index (κ2) is 6.72. The van der Waals surface area contributed by atoms with Crippen molar-refractivity contribution >= 4 is 22.3 Å². The topological polar surface area (TPSA) is 59.1 Å². The van der Waals surface area contributed by atoms with Crippen molar-refractivity contribution in [3.8, 4) is 17.3 Å². The Morgan fingerprint density at radius 3 is 2.23 bits per heavy atom. The molecule has 0 saturated carbocycles.